The van der Waals surface area contributed by atoms with Gasteiger partial charge in [-0.05, 0) is 36.6 Å². The topological polar surface area (TPSA) is 0 Å². The number of halogens is 4. The van der Waals surface area contributed by atoms with Gasteiger partial charge in [-0.3, -0.25) is 0 Å². The molecule has 2 atom stereocenters. The van der Waals surface area contributed by atoms with Gasteiger partial charge in [-0.15, -0.1) is 44.3 Å². The molecule has 0 heterocycles. The van der Waals surface area contributed by atoms with Crippen LogP contribution in [0.3, 0.4) is 0 Å². The zero-order valence-corrected chi connectivity index (χ0v) is 20.9. The van der Waals surface area contributed by atoms with E-state index in [9.17, 15) is 0 Å². The molecular formula is C19H32Cl4Si2. The number of hydrogen-bond acceptors (Lipinski definition) is 0. The van der Waals surface area contributed by atoms with Crippen LogP contribution in [0.15, 0.2) is 24.3 Å². The van der Waals surface area contributed by atoms with Crippen molar-refractivity contribution in [2.75, 3.05) is 0 Å². The largest absolute Gasteiger partial charge is 0.254 e. The van der Waals surface area contributed by atoms with E-state index in [0.717, 1.165) is 18.9 Å². The third-order valence-electron chi connectivity index (χ3n) is 5.02. The van der Waals surface area contributed by atoms with Gasteiger partial charge in [0.1, 0.15) is 0 Å². The number of hydrogen-bond donors (Lipinski definition) is 0. The van der Waals surface area contributed by atoms with Crippen LogP contribution in [0.25, 0.3) is 0 Å². The lowest BCUT2D eigenvalue weighted by atomic mass is 9.98. The van der Waals surface area contributed by atoms with Crippen LogP contribution >= 0.6 is 44.3 Å². The average Bonchev–Trinajstić information content (AvgIpc) is 2.49. The van der Waals surface area contributed by atoms with Crippen LogP contribution in [0, 0.1) is 6.92 Å². The summed E-state index contributed by atoms with van der Waals surface area (Å²) in [6, 6.07) is 9.28. The van der Waals surface area contributed by atoms with Crippen molar-refractivity contribution in [2.24, 2.45) is 0 Å². The lowest BCUT2D eigenvalue weighted by Gasteiger charge is -2.35. The van der Waals surface area contributed by atoms with Crippen molar-refractivity contribution >= 4 is 57.7 Å². The molecule has 0 saturated heterocycles. The molecule has 6 heteroatoms. The fraction of sp³-hybridized carbons (Fsp3) is 0.684. The highest BCUT2D eigenvalue weighted by Crippen LogP contribution is 2.49. The monoisotopic (exact) mass is 456 g/mol. The predicted molar refractivity (Wildman–Crippen MR) is 122 cm³/mol. The molecule has 0 nitrogen and oxygen atoms in total. The van der Waals surface area contributed by atoms with Crippen LogP contribution in [0.1, 0.15) is 69.4 Å². The first-order valence-corrected chi connectivity index (χ1v) is 18.3. The van der Waals surface area contributed by atoms with Crippen LogP contribution in [-0.4, -0.2) is 13.4 Å². The predicted octanol–water partition coefficient (Wildman–Crippen LogP) is 8.84. The second-order valence-electron chi connectivity index (χ2n) is 7.43. The van der Waals surface area contributed by atoms with E-state index in [4.69, 9.17) is 44.3 Å². The average molecular weight is 458 g/mol. The molecule has 0 N–H and O–H groups in total. The fourth-order valence-corrected chi connectivity index (χ4v) is 21.6. The summed E-state index contributed by atoms with van der Waals surface area (Å²) in [7, 11) is 0. The van der Waals surface area contributed by atoms with Gasteiger partial charge in [-0.2, -0.15) is 0 Å². The van der Waals surface area contributed by atoms with Gasteiger partial charge in [0.2, 0.25) is 0 Å². The van der Waals surface area contributed by atoms with Crippen molar-refractivity contribution in [3.05, 3.63) is 35.4 Å². The standard InChI is InChI=1S/C19H32Cl4Si2/c1-5-6-7-8-9-14-19(24(4,20)21)25(22,23)15-17(3)18-13-11-10-12-16(18)2/h10-13,17,19H,5-9,14-15H2,1-4H3. The summed E-state index contributed by atoms with van der Waals surface area (Å²) in [6.45, 7) is 3.58. The summed E-state index contributed by atoms with van der Waals surface area (Å²) in [4.78, 5) is 0. The van der Waals surface area contributed by atoms with Gasteiger partial charge in [0.05, 0.1) is 0 Å². The van der Waals surface area contributed by atoms with Gasteiger partial charge in [-0.1, -0.05) is 76.6 Å². The highest BCUT2D eigenvalue weighted by molar-refractivity contribution is 7.57. The molecule has 0 fully saturated rings. The quantitative estimate of drug-likeness (QED) is 0.177. The first-order chi connectivity index (χ1) is 11.6. The van der Waals surface area contributed by atoms with E-state index in [1.54, 1.807) is 0 Å². The van der Waals surface area contributed by atoms with Gasteiger partial charge in [-0.25, -0.2) is 0 Å². The third-order valence-corrected chi connectivity index (χ3v) is 18.5. The van der Waals surface area contributed by atoms with Gasteiger partial charge < -0.3 is 0 Å². The molecule has 0 bridgehead atoms. The maximum atomic E-state index is 6.99. The Morgan fingerprint density at radius 3 is 2.12 bits per heavy atom. The van der Waals surface area contributed by atoms with Crippen LogP contribution in [-0.2, 0) is 0 Å². The smallest absolute Gasteiger partial charge is 0.146 e. The lowest BCUT2D eigenvalue weighted by Crippen LogP contribution is -2.41. The van der Waals surface area contributed by atoms with Crippen LogP contribution in [0.5, 0.6) is 0 Å². The minimum Gasteiger partial charge on any atom is -0.146 e. The first kappa shape index (κ1) is 23.9. The van der Waals surface area contributed by atoms with Crippen LogP contribution in [0.4, 0.5) is 0 Å². The SMILES string of the molecule is CCCCCCCC([Si](C)(Cl)Cl)[Si](Cl)(Cl)CC(C)c1ccccc1C. The molecule has 144 valence electrons. The second kappa shape index (κ2) is 11.0. The Bertz CT molecular complexity index is 514. The number of aryl methyl sites for hydroxylation is 1. The van der Waals surface area contributed by atoms with Crippen molar-refractivity contribution in [1.82, 2.24) is 0 Å². The Hall–Kier alpha value is 0.814. The van der Waals surface area contributed by atoms with Crippen molar-refractivity contribution in [3.63, 3.8) is 0 Å². The van der Waals surface area contributed by atoms with Crippen molar-refractivity contribution in [1.29, 1.82) is 0 Å². The molecule has 0 amide bonds. The Morgan fingerprint density at radius 2 is 1.56 bits per heavy atom. The Balaban J connectivity index is 2.79. The zero-order valence-electron chi connectivity index (χ0n) is 15.9. The third kappa shape index (κ3) is 8.15. The molecule has 1 aromatic carbocycles. The summed E-state index contributed by atoms with van der Waals surface area (Å²) < 4.78 is 0. The van der Waals surface area contributed by atoms with E-state index in [-0.39, 0.29) is 5.16 Å². The Morgan fingerprint density at radius 1 is 0.960 bits per heavy atom. The lowest BCUT2D eigenvalue weighted by molar-refractivity contribution is 0.614. The van der Waals surface area contributed by atoms with E-state index in [1.165, 1.54) is 36.8 Å². The fourth-order valence-electron chi connectivity index (χ4n) is 3.59. The summed E-state index contributed by atoms with van der Waals surface area (Å²) >= 11 is 27.3. The van der Waals surface area contributed by atoms with E-state index in [0.29, 0.717) is 5.92 Å². The molecule has 0 aromatic heterocycles. The molecular weight excluding hydrogens is 426 g/mol. The Kier molecular flexibility index (Phi) is 10.5. The molecule has 0 aliphatic carbocycles. The molecule has 0 radical (unpaired) electrons. The first-order valence-electron chi connectivity index (χ1n) is 9.40. The van der Waals surface area contributed by atoms with Crippen molar-refractivity contribution < 1.29 is 0 Å². The van der Waals surface area contributed by atoms with E-state index < -0.39 is 13.4 Å². The van der Waals surface area contributed by atoms with E-state index in [1.807, 2.05) is 6.55 Å². The van der Waals surface area contributed by atoms with Crippen molar-refractivity contribution in [2.45, 2.75) is 83.0 Å². The summed E-state index contributed by atoms with van der Waals surface area (Å²) in [5, 5.41) is 0.111. The van der Waals surface area contributed by atoms with Gasteiger partial charge >= 0.3 is 0 Å². The molecule has 2 unspecified atom stereocenters. The molecule has 0 aliphatic heterocycles. The summed E-state index contributed by atoms with van der Waals surface area (Å²) in [5.74, 6) is 0.329. The minimum absolute atomic E-state index is 0.111. The van der Waals surface area contributed by atoms with Gasteiger partial charge in [0.25, 0.3) is 13.4 Å². The highest BCUT2D eigenvalue weighted by Gasteiger charge is 2.49. The molecule has 1 aromatic rings. The summed E-state index contributed by atoms with van der Waals surface area (Å²) in [6.07, 6.45) is 7.12. The second-order valence-corrected chi connectivity index (χ2v) is 23.2. The molecule has 25 heavy (non-hydrogen) atoms. The molecule has 1 rings (SSSR count). The van der Waals surface area contributed by atoms with Crippen LogP contribution in [0.2, 0.25) is 17.8 Å². The van der Waals surface area contributed by atoms with E-state index in [2.05, 4.69) is 45.0 Å². The van der Waals surface area contributed by atoms with Crippen LogP contribution < -0.4 is 0 Å². The normalized spacial score (nSPS) is 15.2. The number of rotatable bonds is 11. The Labute approximate surface area is 175 Å². The minimum atomic E-state index is -2.56. The van der Waals surface area contributed by atoms with Gasteiger partial charge in [0, 0.05) is 5.16 Å². The maximum Gasteiger partial charge on any atom is 0.254 e. The maximum absolute atomic E-state index is 6.99. The number of unbranched alkanes of at least 4 members (excludes halogenated alkanes) is 4. The van der Waals surface area contributed by atoms with E-state index >= 15 is 0 Å². The summed E-state index contributed by atoms with van der Waals surface area (Å²) in [5.41, 5.74) is 2.62. The highest BCUT2D eigenvalue weighted by atomic mass is 35.7. The van der Waals surface area contributed by atoms with Gasteiger partial charge in [0.15, 0.2) is 0 Å². The zero-order chi connectivity index (χ0) is 19.1. The van der Waals surface area contributed by atoms with Crippen molar-refractivity contribution in [3.8, 4) is 0 Å². The number of benzene rings is 1. The molecule has 0 spiro atoms. The molecule has 0 aliphatic rings. The molecule has 0 saturated carbocycles.